The second kappa shape index (κ2) is 5.30. The lowest BCUT2D eigenvalue weighted by atomic mass is 10.2. The van der Waals surface area contributed by atoms with E-state index in [1.54, 1.807) is 36.0 Å². The summed E-state index contributed by atoms with van der Waals surface area (Å²) in [6, 6.07) is 6.90. The molecular formula is C12H9Cl2N3O. The van der Waals surface area contributed by atoms with Gasteiger partial charge in [-0.15, -0.1) is 0 Å². The van der Waals surface area contributed by atoms with Crippen molar-refractivity contribution in [3.63, 3.8) is 0 Å². The Bertz CT molecular complexity index is 616. The number of nitrogens with zero attached hydrogens (tertiary/aromatic N) is 3. The van der Waals surface area contributed by atoms with Crippen molar-refractivity contribution >= 4 is 23.2 Å². The fourth-order valence-electron chi connectivity index (χ4n) is 1.41. The fraction of sp³-hybridized carbons (Fsp3) is 0.167. The highest BCUT2D eigenvalue weighted by atomic mass is 35.5. The maximum absolute atomic E-state index is 8.95. The molecule has 2 rings (SSSR count). The summed E-state index contributed by atoms with van der Waals surface area (Å²) in [5.41, 5.74) is 0.430. The smallest absolute Gasteiger partial charge is 0.147 e. The average Bonchev–Trinajstić information content (AvgIpc) is 2.68. The third-order valence-electron chi connectivity index (χ3n) is 2.45. The van der Waals surface area contributed by atoms with Crippen molar-refractivity contribution in [2.45, 2.75) is 6.61 Å². The van der Waals surface area contributed by atoms with Gasteiger partial charge in [-0.25, -0.2) is 4.98 Å². The zero-order chi connectivity index (χ0) is 13.1. The van der Waals surface area contributed by atoms with Gasteiger partial charge in [-0.1, -0.05) is 23.2 Å². The summed E-state index contributed by atoms with van der Waals surface area (Å²) in [7, 11) is 1.79. The Kier molecular flexibility index (Phi) is 3.75. The molecule has 0 N–H and O–H groups in total. The maximum Gasteiger partial charge on any atom is 0.147 e. The largest absolute Gasteiger partial charge is 0.484 e. The summed E-state index contributed by atoms with van der Waals surface area (Å²) in [5.74, 6) is 1.10. The Morgan fingerprint density at radius 3 is 2.83 bits per heavy atom. The van der Waals surface area contributed by atoms with Crippen LogP contribution >= 0.6 is 23.2 Å². The second-order valence-electron chi connectivity index (χ2n) is 3.60. The summed E-state index contributed by atoms with van der Waals surface area (Å²) in [6.45, 7) is 0.220. The Morgan fingerprint density at radius 1 is 1.44 bits per heavy atom. The molecule has 0 saturated heterocycles. The van der Waals surface area contributed by atoms with Crippen LogP contribution in [0.25, 0.3) is 0 Å². The van der Waals surface area contributed by atoms with Gasteiger partial charge >= 0.3 is 0 Å². The molecule has 18 heavy (non-hydrogen) atoms. The molecule has 1 heterocycles. The van der Waals surface area contributed by atoms with Gasteiger partial charge in [0, 0.05) is 18.1 Å². The molecule has 1 aromatic heterocycles. The topological polar surface area (TPSA) is 50.8 Å². The summed E-state index contributed by atoms with van der Waals surface area (Å²) in [6.07, 6.45) is 1.55. The minimum absolute atomic E-state index is 0.220. The van der Waals surface area contributed by atoms with Gasteiger partial charge in [0.15, 0.2) is 0 Å². The van der Waals surface area contributed by atoms with Crippen LogP contribution in [-0.4, -0.2) is 9.55 Å². The number of ether oxygens (including phenoxy) is 1. The van der Waals surface area contributed by atoms with E-state index in [2.05, 4.69) is 4.98 Å². The van der Waals surface area contributed by atoms with Gasteiger partial charge in [0.2, 0.25) is 0 Å². The molecular weight excluding hydrogens is 273 g/mol. The van der Waals surface area contributed by atoms with Crippen LogP contribution in [0.3, 0.4) is 0 Å². The number of rotatable bonds is 3. The van der Waals surface area contributed by atoms with Crippen LogP contribution in [0.1, 0.15) is 11.4 Å². The van der Waals surface area contributed by atoms with E-state index in [1.165, 1.54) is 0 Å². The number of hydrogen-bond donors (Lipinski definition) is 0. The van der Waals surface area contributed by atoms with Crippen molar-refractivity contribution in [3.8, 4) is 11.8 Å². The van der Waals surface area contributed by atoms with Gasteiger partial charge in [-0.05, 0) is 12.1 Å². The highest BCUT2D eigenvalue weighted by Gasteiger charge is 2.08. The quantitative estimate of drug-likeness (QED) is 0.868. The summed E-state index contributed by atoms with van der Waals surface area (Å²) in [5, 5.41) is 9.99. The number of aromatic nitrogens is 2. The number of nitriles is 1. The molecule has 0 fully saturated rings. The molecule has 0 aliphatic rings. The molecule has 0 aliphatic heterocycles. The van der Waals surface area contributed by atoms with Crippen molar-refractivity contribution in [3.05, 3.63) is 46.0 Å². The first-order valence-corrected chi connectivity index (χ1v) is 5.86. The van der Waals surface area contributed by atoms with Gasteiger partial charge in [-0.2, -0.15) is 5.26 Å². The lowest BCUT2D eigenvalue weighted by Crippen LogP contribution is -2.04. The number of halogens is 2. The van der Waals surface area contributed by atoms with E-state index >= 15 is 0 Å². The summed E-state index contributed by atoms with van der Waals surface area (Å²) >= 11 is 11.7. The molecule has 0 radical (unpaired) electrons. The van der Waals surface area contributed by atoms with Crippen molar-refractivity contribution < 1.29 is 4.74 Å². The molecule has 6 heteroatoms. The van der Waals surface area contributed by atoms with E-state index < -0.39 is 0 Å². The van der Waals surface area contributed by atoms with E-state index in [9.17, 15) is 0 Å². The van der Waals surface area contributed by atoms with Crippen molar-refractivity contribution in [2.24, 2.45) is 7.05 Å². The highest BCUT2D eigenvalue weighted by molar-refractivity contribution is 6.30. The average molecular weight is 282 g/mol. The van der Waals surface area contributed by atoms with Crippen molar-refractivity contribution in [2.75, 3.05) is 0 Å². The van der Waals surface area contributed by atoms with Crippen LogP contribution in [0.2, 0.25) is 10.2 Å². The minimum atomic E-state index is 0.220. The normalized spacial score (nSPS) is 10.1. The van der Waals surface area contributed by atoms with Gasteiger partial charge in [-0.3, -0.25) is 0 Å². The lowest BCUT2D eigenvalue weighted by molar-refractivity contribution is 0.291. The van der Waals surface area contributed by atoms with E-state index in [1.807, 2.05) is 6.07 Å². The van der Waals surface area contributed by atoms with Crippen LogP contribution in [0.4, 0.5) is 0 Å². The highest BCUT2D eigenvalue weighted by Crippen LogP contribution is 2.23. The van der Waals surface area contributed by atoms with Crippen molar-refractivity contribution in [1.29, 1.82) is 5.26 Å². The summed E-state index contributed by atoms with van der Waals surface area (Å²) < 4.78 is 7.25. The van der Waals surface area contributed by atoms with Crippen molar-refractivity contribution in [1.82, 2.24) is 9.55 Å². The SMILES string of the molecule is Cn1c(Cl)cnc1COc1cc(Cl)ccc1C#N. The van der Waals surface area contributed by atoms with Gasteiger partial charge in [0.1, 0.15) is 29.4 Å². The number of benzene rings is 1. The molecule has 2 aromatic rings. The predicted octanol–water partition coefficient (Wildman–Crippen LogP) is 3.18. The van der Waals surface area contributed by atoms with Gasteiger partial charge in [0.05, 0.1) is 11.8 Å². The third kappa shape index (κ3) is 2.58. The summed E-state index contributed by atoms with van der Waals surface area (Å²) in [4.78, 5) is 4.10. The first-order chi connectivity index (χ1) is 8.61. The first kappa shape index (κ1) is 12.7. The standard InChI is InChI=1S/C12H9Cl2N3O/c1-17-11(14)6-16-12(17)7-18-10-4-9(13)3-2-8(10)5-15/h2-4,6H,7H2,1H3. The van der Waals surface area contributed by atoms with Crippen LogP contribution in [0.5, 0.6) is 5.75 Å². The van der Waals surface area contributed by atoms with Gasteiger partial charge < -0.3 is 9.30 Å². The molecule has 0 saturated carbocycles. The van der Waals surface area contributed by atoms with Crippen LogP contribution in [0, 0.1) is 11.3 Å². The lowest BCUT2D eigenvalue weighted by Gasteiger charge is -2.08. The predicted molar refractivity (Wildman–Crippen MR) is 68.7 cm³/mol. The Balaban J connectivity index is 2.18. The maximum atomic E-state index is 8.95. The molecule has 4 nitrogen and oxygen atoms in total. The third-order valence-corrected chi connectivity index (χ3v) is 3.03. The molecule has 1 aromatic carbocycles. The van der Waals surface area contributed by atoms with E-state index in [4.69, 9.17) is 33.2 Å². The molecule has 92 valence electrons. The molecule has 0 aliphatic carbocycles. The molecule has 0 atom stereocenters. The molecule has 0 spiro atoms. The van der Waals surface area contributed by atoms with E-state index in [0.717, 1.165) is 0 Å². The monoisotopic (exact) mass is 281 g/mol. The first-order valence-electron chi connectivity index (χ1n) is 5.10. The Labute approximate surface area is 114 Å². The van der Waals surface area contributed by atoms with E-state index in [0.29, 0.717) is 27.3 Å². The van der Waals surface area contributed by atoms with Gasteiger partial charge in [0.25, 0.3) is 0 Å². The molecule has 0 bridgehead atoms. The molecule has 0 unspecified atom stereocenters. The Morgan fingerprint density at radius 2 is 2.22 bits per heavy atom. The molecule has 0 amide bonds. The van der Waals surface area contributed by atoms with Crippen LogP contribution in [0.15, 0.2) is 24.4 Å². The Hall–Kier alpha value is -1.70. The van der Waals surface area contributed by atoms with Crippen LogP contribution in [-0.2, 0) is 13.7 Å². The fourth-order valence-corrected chi connectivity index (χ4v) is 1.72. The zero-order valence-electron chi connectivity index (χ0n) is 9.52. The zero-order valence-corrected chi connectivity index (χ0v) is 11.0. The number of imidazole rings is 1. The second-order valence-corrected chi connectivity index (χ2v) is 4.42. The number of hydrogen-bond acceptors (Lipinski definition) is 3. The van der Waals surface area contributed by atoms with E-state index in [-0.39, 0.29) is 6.61 Å². The van der Waals surface area contributed by atoms with Crippen LogP contribution < -0.4 is 4.74 Å². The minimum Gasteiger partial charge on any atom is -0.484 e.